The third-order valence-corrected chi connectivity index (χ3v) is 4.76. The van der Waals surface area contributed by atoms with Crippen molar-refractivity contribution >= 4 is 0 Å². The molecule has 4 atom stereocenters. The van der Waals surface area contributed by atoms with Crippen LogP contribution in [0.5, 0.6) is 0 Å². The second-order valence-electron chi connectivity index (χ2n) is 6.59. The van der Waals surface area contributed by atoms with Gasteiger partial charge in [-0.2, -0.15) is 0 Å². The molecular formula is C20H40. The van der Waals surface area contributed by atoms with Gasteiger partial charge in [0.15, 0.2) is 0 Å². The van der Waals surface area contributed by atoms with E-state index in [1.807, 2.05) is 0 Å². The summed E-state index contributed by atoms with van der Waals surface area (Å²) >= 11 is 0. The van der Waals surface area contributed by atoms with Crippen LogP contribution in [-0.2, 0) is 0 Å². The van der Waals surface area contributed by atoms with Crippen LogP contribution in [0.4, 0.5) is 0 Å². The minimum atomic E-state index is 0.868. The van der Waals surface area contributed by atoms with Gasteiger partial charge in [-0.1, -0.05) is 72.8 Å². The highest BCUT2D eigenvalue weighted by atomic mass is 14.2. The fourth-order valence-electron chi connectivity index (χ4n) is 2.41. The van der Waals surface area contributed by atoms with Gasteiger partial charge in [0.05, 0.1) is 0 Å². The number of hydrogen-bond acceptors (Lipinski definition) is 0. The van der Waals surface area contributed by atoms with Gasteiger partial charge >= 0.3 is 0 Å². The quantitative estimate of drug-likeness (QED) is 0.349. The molecule has 0 saturated heterocycles. The maximum absolute atomic E-state index is 3.80. The standard InChI is InChI=1S/C18H36.C2H4/c1-7-9-10-16(4)12-14-18(6)17(5)13-11-15(3)8-2;1-2/h7,15-18H,1,8-14H2,2-6H3;1-2H2. The molecule has 0 fully saturated rings. The van der Waals surface area contributed by atoms with Crippen LogP contribution < -0.4 is 0 Å². The van der Waals surface area contributed by atoms with Crippen molar-refractivity contribution in [2.75, 3.05) is 0 Å². The summed E-state index contributed by atoms with van der Waals surface area (Å²) in [5.41, 5.74) is 0. The monoisotopic (exact) mass is 280 g/mol. The van der Waals surface area contributed by atoms with Gasteiger partial charge in [-0.15, -0.1) is 19.7 Å². The van der Waals surface area contributed by atoms with E-state index in [1.54, 1.807) is 0 Å². The summed E-state index contributed by atoms with van der Waals surface area (Å²) in [6, 6.07) is 0. The summed E-state index contributed by atoms with van der Waals surface area (Å²) in [6.07, 6.45) is 11.5. The molecule has 0 amide bonds. The maximum atomic E-state index is 3.80. The van der Waals surface area contributed by atoms with Crippen LogP contribution in [0, 0.1) is 23.7 Å². The summed E-state index contributed by atoms with van der Waals surface area (Å²) in [4.78, 5) is 0. The van der Waals surface area contributed by atoms with Gasteiger partial charge in [-0.25, -0.2) is 0 Å². The normalized spacial score (nSPS) is 16.4. The Hall–Kier alpha value is -0.520. The first kappa shape index (κ1) is 21.8. The first-order chi connectivity index (χ1) is 9.51. The molecule has 0 aliphatic rings. The van der Waals surface area contributed by atoms with Gasteiger partial charge in [0.1, 0.15) is 0 Å². The van der Waals surface area contributed by atoms with Crippen molar-refractivity contribution < 1.29 is 0 Å². The van der Waals surface area contributed by atoms with Crippen molar-refractivity contribution in [3.63, 3.8) is 0 Å². The van der Waals surface area contributed by atoms with Gasteiger partial charge in [-0.05, 0) is 36.5 Å². The zero-order chi connectivity index (χ0) is 16.0. The second-order valence-corrected chi connectivity index (χ2v) is 6.59. The SMILES string of the molecule is C=C.C=CCCC(C)CCC(C)C(C)CCC(C)CC. The molecule has 0 saturated carbocycles. The molecule has 0 bridgehead atoms. The maximum Gasteiger partial charge on any atom is -0.0351 e. The van der Waals surface area contributed by atoms with E-state index < -0.39 is 0 Å². The molecule has 120 valence electrons. The van der Waals surface area contributed by atoms with Crippen LogP contribution >= 0.6 is 0 Å². The lowest BCUT2D eigenvalue weighted by Crippen LogP contribution is -2.11. The Morgan fingerprint density at radius 1 is 0.750 bits per heavy atom. The van der Waals surface area contributed by atoms with E-state index >= 15 is 0 Å². The molecule has 0 aromatic heterocycles. The van der Waals surface area contributed by atoms with E-state index in [0.717, 1.165) is 23.7 Å². The summed E-state index contributed by atoms with van der Waals surface area (Å²) in [7, 11) is 0. The van der Waals surface area contributed by atoms with E-state index in [0.29, 0.717) is 0 Å². The minimum Gasteiger partial charge on any atom is -0.106 e. The number of rotatable bonds is 11. The summed E-state index contributed by atoms with van der Waals surface area (Å²) in [5.74, 6) is 3.56. The molecule has 0 aliphatic heterocycles. The van der Waals surface area contributed by atoms with E-state index in [4.69, 9.17) is 0 Å². The van der Waals surface area contributed by atoms with Crippen LogP contribution in [0.15, 0.2) is 25.8 Å². The fraction of sp³-hybridized carbons (Fsp3) is 0.800. The van der Waals surface area contributed by atoms with Gasteiger partial charge in [-0.3, -0.25) is 0 Å². The zero-order valence-corrected chi connectivity index (χ0v) is 15.0. The zero-order valence-electron chi connectivity index (χ0n) is 15.0. The molecule has 0 heteroatoms. The second kappa shape index (κ2) is 14.9. The highest BCUT2D eigenvalue weighted by molar-refractivity contribution is 4.70. The smallest absolute Gasteiger partial charge is 0.0351 e. The molecule has 0 aromatic carbocycles. The van der Waals surface area contributed by atoms with Crippen LogP contribution in [0.25, 0.3) is 0 Å². The number of hydrogen-bond donors (Lipinski definition) is 0. The highest BCUT2D eigenvalue weighted by Gasteiger charge is 2.14. The van der Waals surface area contributed by atoms with E-state index in [-0.39, 0.29) is 0 Å². The predicted octanol–water partition coefficient (Wildman–Crippen LogP) is 7.27. The summed E-state index contributed by atoms with van der Waals surface area (Å²) in [6.45, 7) is 21.8. The molecule has 0 N–H and O–H groups in total. The fourth-order valence-corrected chi connectivity index (χ4v) is 2.41. The predicted molar refractivity (Wildman–Crippen MR) is 96.1 cm³/mol. The third kappa shape index (κ3) is 12.5. The van der Waals surface area contributed by atoms with Crippen LogP contribution in [0.1, 0.15) is 79.6 Å². The molecule has 0 heterocycles. The lowest BCUT2D eigenvalue weighted by Gasteiger charge is -2.22. The van der Waals surface area contributed by atoms with Gasteiger partial charge in [0.25, 0.3) is 0 Å². The van der Waals surface area contributed by atoms with Crippen molar-refractivity contribution in [2.24, 2.45) is 23.7 Å². The molecule has 0 rings (SSSR count). The lowest BCUT2D eigenvalue weighted by molar-refractivity contribution is 0.292. The van der Waals surface area contributed by atoms with Crippen molar-refractivity contribution in [3.05, 3.63) is 25.8 Å². The molecule has 0 radical (unpaired) electrons. The summed E-state index contributed by atoms with van der Waals surface area (Å²) < 4.78 is 0. The molecule has 0 aliphatic carbocycles. The van der Waals surface area contributed by atoms with Crippen molar-refractivity contribution in [2.45, 2.75) is 79.6 Å². The molecule has 4 unspecified atom stereocenters. The average molecular weight is 281 g/mol. The Morgan fingerprint density at radius 2 is 1.20 bits per heavy atom. The first-order valence-electron chi connectivity index (χ1n) is 8.62. The Kier molecular flexibility index (Phi) is 16.2. The molecule has 0 nitrogen and oxygen atoms in total. The van der Waals surface area contributed by atoms with Crippen molar-refractivity contribution in [3.8, 4) is 0 Å². The summed E-state index contributed by atoms with van der Waals surface area (Å²) in [5, 5.41) is 0. The van der Waals surface area contributed by atoms with E-state index in [1.165, 1.54) is 44.9 Å². The lowest BCUT2D eigenvalue weighted by atomic mass is 9.83. The van der Waals surface area contributed by atoms with Crippen molar-refractivity contribution in [1.29, 1.82) is 0 Å². The van der Waals surface area contributed by atoms with Gasteiger partial charge in [0.2, 0.25) is 0 Å². The highest BCUT2D eigenvalue weighted by Crippen LogP contribution is 2.26. The number of allylic oxidation sites excluding steroid dienone is 1. The van der Waals surface area contributed by atoms with Crippen molar-refractivity contribution in [1.82, 2.24) is 0 Å². The van der Waals surface area contributed by atoms with Gasteiger partial charge in [0, 0.05) is 0 Å². The molecular weight excluding hydrogens is 240 g/mol. The largest absolute Gasteiger partial charge is 0.106 e. The van der Waals surface area contributed by atoms with Gasteiger partial charge < -0.3 is 0 Å². The average Bonchev–Trinajstić information content (AvgIpc) is 2.49. The Labute approximate surface area is 129 Å². The van der Waals surface area contributed by atoms with E-state index in [9.17, 15) is 0 Å². The molecule has 0 spiro atoms. The van der Waals surface area contributed by atoms with Crippen LogP contribution in [0.3, 0.4) is 0 Å². The topological polar surface area (TPSA) is 0 Å². The Bertz CT molecular complexity index is 206. The Balaban J connectivity index is 0. The van der Waals surface area contributed by atoms with E-state index in [2.05, 4.69) is 60.4 Å². The molecule has 20 heavy (non-hydrogen) atoms. The minimum absolute atomic E-state index is 0.868. The van der Waals surface area contributed by atoms with Crippen LogP contribution in [0.2, 0.25) is 0 Å². The Morgan fingerprint density at radius 3 is 1.60 bits per heavy atom. The van der Waals surface area contributed by atoms with Crippen LogP contribution in [-0.4, -0.2) is 0 Å². The first-order valence-corrected chi connectivity index (χ1v) is 8.62. The molecule has 0 aromatic rings. The third-order valence-electron chi connectivity index (χ3n) is 4.76.